The van der Waals surface area contributed by atoms with Crippen molar-refractivity contribution in [2.75, 3.05) is 44.4 Å². The van der Waals surface area contributed by atoms with E-state index in [9.17, 15) is 4.79 Å². The molecule has 0 saturated carbocycles. The van der Waals surface area contributed by atoms with Crippen molar-refractivity contribution < 1.29 is 4.79 Å². The summed E-state index contributed by atoms with van der Waals surface area (Å²) in [5, 5.41) is 3.24. The number of nitrogens with one attached hydrogen (secondary N) is 1. The van der Waals surface area contributed by atoms with Crippen LogP contribution in [0.2, 0.25) is 0 Å². The van der Waals surface area contributed by atoms with Gasteiger partial charge in [0, 0.05) is 37.4 Å². The van der Waals surface area contributed by atoms with E-state index in [0.717, 1.165) is 24.6 Å². The Morgan fingerprint density at radius 2 is 2.27 bits per heavy atom. The van der Waals surface area contributed by atoms with Gasteiger partial charge in [0.15, 0.2) is 0 Å². The minimum absolute atomic E-state index is 0. The highest BCUT2D eigenvalue weighted by atomic mass is 35.5. The summed E-state index contributed by atoms with van der Waals surface area (Å²) < 4.78 is 0. The molecule has 1 amide bonds. The smallest absolute Gasteiger partial charge is 0.236 e. The molecule has 3 nitrogen and oxygen atoms in total. The predicted octanol–water partition coefficient (Wildman–Crippen LogP) is 0.935. The summed E-state index contributed by atoms with van der Waals surface area (Å²) in [5.74, 6) is 3.57. The number of hydrogen-bond acceptors (Lipinski definition) is 4. The maximum absolute atomic E-state index is 11.9. The highest BCUT2D eigenvalue weighted by Gasteiger charge is 2.24. The SMILES string of the molecule is CNCCN(C)C(=O)C1CSCCS1.Cl. The number of likely N-dealkylation sites (N-methyl/N-ethyl adjacent to an activating group) is 2. The van der Waals surface area contributed by atoms with Gasteiger partial charge in [0.2, 0.25) is 5.91 Å². The third-order valence-corrected chi connectivity index (χ3v) is 4.91. The summed E-state index contributed by atoms with van der Waals surface area (Å²) in [5.41, 5.74) is 0. The zero-order chi connectivity index (χ0) is 10.4. The highest BCUT2D eigenvalue weighted by Crippen LogP contribution is 2.25. The summed E-state index contributed by atoms with van der Waals surface area (Å²) in [6, 6.07) is 0. The molecule has 6 heteroatoms. The van der Waals surface area contributed by atoms with E-state index in [2.05, 4.69) is 5.32 Å². The molecule has 0 aromatic rings. The molecule has 15 heavy (non-hydrogen) atoms. The highest BCUT2D eigenvalue weighted by molar-refractivity contribution is 8.07. The molecule has 0 spiro atoms. The first-order valence-corrected chi connectivity index (χ1v) is 7.05. The zero-order valence-electron chi connectivity index (χ0n) is 9.19. The minimum atomic E-state index is 0. The summed E-state index contributed by atoms with van der Waals surface area (Å²) in [7, 11) is 3.79. The van der Waals surface area contributed by atoms with Gasteiger partial charge >= 0.3 is 0 Å². The lowest BCUT2D eigenvalue weighted by Crippen LogP contribution is -2.40. The molecule has 0 aliphatic carbocycles. The standard InChI is InChI=1S/C9H18N2OS2.ClH/c1-10-3-4-11(2)9(12)8-7-13-5-6-14-8;/h8,10H,3-7H2,1-2H3;1H. The van der Waals surface area contributed by atoms with Gasteiger partial charge < -0.3 is 10.2 Å². The number of nitrogens with zero attached hydrogens (tertiary/aromatic N) is 1. The molecule has 1 N–H and O–H groups in total. The van der Waals surface area contributed by atoms with Crippen molar-refractivity contribution in [2.24, 2.45) is 0 Å². The number of carbonyl (C=O) groups is 1. The maximum Gasteiger partial charge on any atom is 0.236 e. The van der Waals surface area contributed by atoms with Crippen LogP contribution in [0.25, 0.3) is 0 Å². The van der Waals surface area contributed by atoms with E-state index < -0.39 is 0 Å². The monoisotopic (exact) mass is 270 g/mol. The lowest BCUT2D eigenvalue weighted by molar-refractivity contribution is -0.128. The molecule has 1 saturated heterocycles. The average molecular weight is 271 g/mol. The number of thioether (sulfide) groups is 2. The Bertz CT molecular complexity index is 189. The molecule has 90 valence electrons. The van der Waals surface area contributed by atoms with E-state index in [1.165, 1.54) is 5.75 Å². The van der Waals surface area contributed by atoms with E-state index in [1.54, 1.807) is 11.8 Å². The van der Waals surface area contributed by atoms with Crippen LogP contribution in [-0.2, 0) is 4.79 Å². The van der Waals surface area contributed by atoms with Crippen LogP contribution in [0.1, 0.15) is 0 Å². The van der Waals surface area contributed by atoms with E-state index in [0.29, 0.717) is 0 Å². The van der Waals surface area contributed by atoms with Gasteiger partial charge in [0.05, 0.1) is 5.25 Å². The number of amides is 1. The van der Waals surface area contributed by atoms with Gasteiger partial charge in [0.25, 0.3) is 0 Å². The normalized spacial score (nSPS) is 20.5. The maximum atomic E-state index is 11.9. The summed E-state index contributed by atoms with van der Waals surface area (Å²) in [6.45, 7) is 1.67. The van der Waals surface area contributed by atoms with E-state index in [-0.39, 0.29) is 23.6 Å². The summed E-state index contributed by atoms with van der Waals surface area (Å²) >= 11 is 3.69. The van der Waals surface area contributed by atoms with Gasteiger partial charge in [-0.05, 0) is 7.05 Å². The van der Waals surface area contributed by atoms with E-state index in [4.69, 9.17) is 0 Å². The number of halogens is 1. The second kappa shape index (κ2) is 8.56. The fourth-order valence-corrected chi connectivity index (χ4v) is 3.93. The first kappa shape index (κ1) is 15.4. The van der Waals surface area contributed by atoms with Crippen molar-refractivity contribution in [3.63, 3.8) is 0 Å². The van der Waals surface area contributed by atoms with Crippen molar-refractivity contribution in [1.82, 2.24) is 10.2 Å². The molecule has 1 fully saturated rings. The van der Waals surface area contributed by atoms with Crippen LogP contribution in [0, 0.1) is 0 Å². The molecular weight excluding hydrogens is 252 g/mol. The van der Waals surface area contributed by atoms with Crippen molar-refractivity contribution in [1.29, 1.82) is 0 Å². The molecule has 0 aromatic heterocycles. The number of hydrogen-bond donors (Lipinski definition) is 1. The molecule has 0 radical (unpaired) electrons. The van der Waals surface area contributed by atoms with Gasteiger partial charge in [-0.1, -0.05) is 0 Å². The molecule has 0 aromatic carbocycles. The van der Waals surface area contributed by atoms with E-state index in [1.807, 2.05) is 30.8 Å². The second-order valence-electron chi connectivity index (χ2n) is 3.30. The van der Waals surface area contributed by atoms with Crippen LogP contribution in [0.15, 0.2) is 0 Å². The molecule has 0 bridgehead atoms. The Hall–Kier alpha value is 0.420. The molecule has 1 aliphatic rings. The van der Waals surface area contributed by atoms with E-state index >= 15 is 0 Å². The Morgan fingerprint density at radius 3 is 2.80 bits per heavy atom. The van der Waals surface area contributed by atoms with Crippen molar-refractivity contribution in [2.45, 2.75) is 5.25 Å². The average Bonchev–Trinajstić information content (AvgIpc) is 2.26. The first-order valence-electron chi connectivity index (χ1n) is 4.84. The van der Waals surface area contributed by atoms with Crippen molar-refractivity contribution >= 4 is 41.8 Å². The van der Waals surface area contributed by atoms with Gasteiger partial charge in [-0.2, -0.15) is 11.8 Å². The molecule has 1 unspecified atom stereocenters. The van der Waals surface area contributed by atoms with Gasteiger partial charge in [0.1, 0.15) is 0 Å². The van der Waals surface area contributed by atoms with Crippen molar-refractivity contribution in [3.05, 3.63) is 0 Å². The van der Waals surface area contributed by atoms with Gasteiger partial charge in [-0.25, -0.2) is 0 Å². The summed E-state index contributed by atoms with van der Waals surface area (Å²) in [6.07, 6.45) is 0. The van der Waals surface area contributed by atoms with Crippen LogP contribution in [0.5, 0.6) is 0 Å². The third-order valence-electron chi connectivity index (χ3n) is 2.16. The Balaban J connectivity index is 0.00000196. The number of rotatable bonds is 4. The number of carbonyl (C=O) groups excluding carboxylic acids is 1. The molecule has 1 heterocycles. The molecule has 1 atom stereocenters. The van der Waals surface area contributed by atoms with Gasteiger partial charge in [-0.15, -0.1) is 24.2 Å². The van der Waals surface area contributed by atoms with Gasteiger partial charge in [-0.3, -0.25) is 4.79 Å². The summed E-state index contributed by atoms with van der Waals surface area (Å²) in [4.78, 5) is 13.7. The predicted molar refractivity (Wildman–Crippen MR) is 72.4 cm³/mol. The van der Waals surface area contributed by atoms with Crippen LogP contribution in [0.4, 0.5) is 0 Å². The fraction of sp³-hybridized carbons (Fsp3) is 0.889. The lowest BCUT2D eigenvalue weighted by atomic mass is 10.4. The van der Waals surface area contributed by atoms with Crippen LogP contribution < -0.4 is 5.32 Å². The second-order valence-corrected chi connectivity index (χ2v) is 5.76. The van der Waals surface area contributed by atoms with Crippen LogP contribution in [0.3, 0.4) is 0 Å². The first-order chi connectivity index (χ1) is 6.75. The van der Waals surface area contributed by atoms with Crippen molar-refractivity contribution in [3.8, 4) is 0 Å². The quantitative estimate of drug-likeness (QED) is 0.824. The Labute approximate surface area is 107 Å². The van der Waals surface area contributed by atoms with Crippen LogP contribution >= 0.6 is 35.9 Å². The molecule has 1 aliphatic heterocycles. The zero-order valence-corrected chi connectivity index (χ0v) is 11.6. The Kier molecular flexibility index (Phi) is 8.80. The largest absolute Gasteiger partial charge is 0.343 e. The molecular formula is C9H19ClN2OS2. The Morgan fingerprint density at radius 1 is 1.53 bits per heavy atom. The topological polar surface area (TPSA) is 32.3 Å². The lowest BCUT2D eigenvalue weighted by Gasteiger charge is -2.25. The molecule has 1 rings (SSSR count). The minimum Gasteiger partial charge on any atom is -0.343 e. The fourth-order valence-electron chi connectivity index (χ4n) is 1.27. The van der Waals surface area contributed by atoms with Crippen LogP contribution in [-0.4, -0.2) is 60.5 Å². The third kappa shape index (κ3) is 5.33.